The van der Waals surface area contributed by atoms with Crippen molar-refractivity contribution in [3.05, 3.63) is 17.5 Å². The van der Waals surface area contributed by atoms with Crippen LogP contribution in [0.5, 0.6) is 0 Å². The molecule has 2 rings (SSSR count). The quantitative estimate of drug-likeness (QED) is 0.619. The summed E-state index contributed by atoms with van der Waals surface area (Å²) in [5.74, 6) is 0. The largest absolute Gasteiger partial charge is 0.383 e. The van der Waals surface area contributed by atoms with Crippen LogP contribution in [0.3, 0.4) is 0 Å². The molecule has 1 aliphatic rings. The fourth-order valence-corrected chi connectivity index (χ4v) is 2.97. The van der Waals surface area contributed by atoms with E-state index < -0.39 is 6.43 Å². The highest BCUT2D eigenvalue weighted by atomic mass is 19.3. The van der Waals surface area contributed by atoms with E-state index in [9.17, 15) is 8.78 Å². The molecule has 0 spiro atoms. The van der Waals surface area contributed by atoms with E-state index >= 15 is 0 Å². The highest BCUT2D eigenvalue weighted by molar-refractivity contribution is 5.19. The summed E-state index contributed by atoms with van der Waals surface area (Å²) in [6.45, 7) is 1.63. The maximum absolute atomic E-state index is 13.4. The Hall–Kier alpha value is -1.01. The van der Waals surface area contributed by atoms with Crippen molar-refractivity contribution in [3.8, 4) is 0 Å². The first kappa shape index (κ1) is 16.4. The molecule has 0 radical (unpaired) electrons. The molecule has 1 N–H and O–H groups in total. The number of alkyl halides is 2. The summed E-state index contributed by atoms with van der Waals surface area (Å²) in [7, 11) is 1.62. The molecule has 0 aliphatic heterocycles. The van der Waals surface area contributed by atoms with E-state index in [0.717, 1.165) is 25.7 Å². The van der Waals surface area contributed by atoms with Crippen molar-refractivity contribution in [3.63, 3.8) is 0 Å². The lowest BCUT2D eigenvalue weighted by Gasteiger charge is -2.18. The normalized spacial score (nSPS) is 17.3. The molecule has 4 nitrogen and oxygen atoms in total. The molecule has 1 saturated carbocycles. The molecule has 0 saturated heterocycles. The third-order valence-corrected chi connectivity index (χ3v) is 4.09. The van der Waals surface area contributed by atoms with E-state index in [1.807, 2.05) is 0 Å². The van der Waals surface area contributed by atoms with E-state index in [4.69, 9.17) is 4.74 Å². The van der Waals surface area contributed by atoms with Gasteiger partial charge in [-0.25, -0.2) is 8.78 Å². The molecular weight excluding hydrogens is 276 g/mol. The minimum Gasteiger partial charge on any atom is -0.383 e. The molecule has 0 atom stereocenters. The van der Waals surface area contributed by atoms with Gasteiger partial charge in [0.1, 0.15) is 5.69 Å². The summed E-state index contributed by atoms with van der Waals surface area (Å²) >= 11 is 0. The van der Waals surface area contributed by atoms with Gasteiger partial charge in [-0.2, -0.15) is 5.10 Å². The standard InChI is InChI=1S/C15H25F2N3O/c1-21-9-8-18-10-12-11-19-20(14(12)15(16)17)13-6-4-2-3-5-7-13/h11,13,15,18H,2-10H2,1H3. The second-order valence-corrected chi connectivity index (χ2v) is 5.62. The third kappa shape index (κ3) is 4.48. The molecule has 21 heavy (non-hydrogen) atoms. The van der Waals surface area contributed by atoms with Crippen LogP contribution < -0.4 is 5.32 Å². The van der Waals surface area contributed by atoms with E-state index in [1.54, 1.807) is 18.0 Å². The highest BCUT2D eigenvalue weighted by Crippen LogP contribution is 2.32. The Bertz CT molecular complexity index is 415. The fraction of sp³-hybridized carbons (Fsp3) is 0.800. The summed E-state index contributed by atoms with van der Waals surface area (Å²) in [5, 5.41) is 7.38. The maximum atomic E-state index is 13.4. The Morgan fingerprint density at radius 3 is 2.67 bits per heavy atom. The molecule has 1 aliphatic carbocycles. The molecule has 1 heterocycles. The lowest BCUT2D eigenvalue weighted by Crippen LogP contribution is -2.20. The third-order valence-electron chi connectivity index (χ3n) is 4.09. The van der Waals surface area contributed by atoms with E-state index in [-0.39, 0.29) is 11.7 Å². The van der Waals surface area contributed by atoms with Crippen LogP contribution in [-0.4, -0.2) is 30.0 Å². The first-order chi connectivity index (χ1) is 10.2. The average Bonchev–Trinajstić information content (AvgIpc) is 2.70. The van der Waals surface area contributed by atoms with Gasteiger partial charge in [-0.1, -0.05) is 25.7 Å². The number of ether oxygens (including phenoxy) is 1. The first-order valence-corrected chi connectivity index (χ1v) is 7.78. The van der Waals surface area contributed by atoms with Crippen molar-refractivity contribution in [2.75, 3.05) is 20.3 Å². The Morgan fingerprint density at radius 1 is 1.33 bits per heavy atom. The van der Waals surface area contributed by atoms with Crippen molar-refractivity contribution < 1.29 is 13.5 Å². The summed E-state index contributed by atoms with van der Waals surface area (Å²) in [5.41, 5.74) is 0.692. The minimum absolute atomic E-state index is 0.0896. The van der Waals surface area contributed by atoms with Crippen LogP contribution in [0.2, 0.25) is 0 Å². The van der Waals surface area contributed by atoms with Crippen LogP contribution in [0.4, 0.5) is 8.78 Å². The van der Waals surface area contributed by atoms with Gasteiger partial charge in [0.25, 0.3) is 6.43 Å². The van der Waals surface area contributed by atoms with Crippen LogP contribution in [0, 0.1) is 0 Å². The topological polar surface area (TPSA) is 39.1 Å². The maximum Gasteiger partial charge on any atom is 0.280 e. The minimum atomic E-state index is -2.48. The van der Waals surface area contributed by atoms with Gasteiger partial charge in [0, 0.05) is 25.8 Å². The number of aromatic nitrogens is 2. The lowest BCUT2D eigenvalue weighted by molar-refractivity contribution is 0.133. The lowest BCUT2D eigenvalue weighted by atomic mass is 10.1. The molecule has 1 fully saturated rings. The summed E-state index contributed by atoms with van der Waals surface area (Å²) < 4.78 is 33.4. The Kier molecular flexibility index (Phi) is 6.57. The van der Waals surface area contributed by atoms with Crippen molar-refractivity contribution in [2.45, 2.75) is 57.5 Å². The summed E-state index contributed by atoms with van der Waals surface area (Å²) in [6.07, 6.45) is 5.64. The molecule has 120 valence electrons. The van der Waals surface area contributed by atoms with Crippen molar-refractivity contribution >= 4 is 0 Å². The van der Waals surface area contributed by atoms with Gasteiger partial charge in [0.2, 0.25) is 0 Å². The van der Waals surface area contributed by atoms with Crippen LogP contribution in [0.1, 0.15) is 62.2 Å². The van der Waals surface area contributed by atoms with Crippen LogP contribution in [0.25, 0.3) is 0 Å². The van der Waals surface area contributed by atoms with Gasteiger partial charge >= 0.3 is 0 Å². The van der Waals surface area contributed by atoms with Gasteiger partial charge < -0.3 is 10.1 Å². The van der Waals surface area contributed by atoms with Crippen LogP contribution >= 0.6 is 0 Å². The van der Waals surface area contributed by atoms with Crippen molar-refractivity contribution in [2.24, 2.45) is 0 Å². The molecule has 6 heteroatoms. The first-order valence-electron chi connectivity index (χ1n) is 7.78. The molecule has 0 amide bonds. The van der Waals surface area contributed by atoms with E-state index in [0.29, 0.717) is 25.3 Å². The number of nitrogens with one attached hydrogen (secondary N) is 1. The average molecular weight is 301 g/mol. The summed E-state index contributed by atoms with van der Waals surface area (Å²) in [6, 6.07) is 0.129. The zero-order chi connectivity index (χ0) is 15.1. The Morgan fingerprint density at radius 2 is 2.05 bits per heavy atom. The van der Waals surface area contributed by atoms with Crippen molar-refractivity contribution in [1.82, 2.24) is 15.1 Å². The molecule has 0 unspecified atom stereocenters. The fourth-order valence-electron chi connectivity index (χ4n) is 2.97. The second kappa shape index (κ2) is 8.44. The van der Waals surface area contributed by atoms with Gasteiger partial charge in [-0.05, 0) is 12.8 Å². The Labute approximate surface area is 124 Å². The van der Waals surface area contributed by atoms with Crippen LogP contribution in [0.15, 0.2) is 6.20 Å². The van der Waals surface area contributed by atoms with Crippen LogP contribution in [-0.2, 0) is 11.3 Å². The molecule has 0 bridgehead atoms. The zero-order valence-electron chi connectivity index (χ0n) is 12.7. The van der Waals surface area contributed by atoms with E-state index in [1.165, 1.54) is 12.8 Å². The number of methoxy groups -OCH3 is 1. The number of hydrogen-bond donors (Lipinski definition) is 1. The molecule has 1 aromatic rings. The smallest absolute Gasteiger partial charge is 0.280 e. The van der Waals surface area contributed by atoms with Crippen molar-refractivity contribution in [1.29, 1.82) is 0 Å². The van der Waals surface area contributed by atoms with Gasteiger partial charge in [-0.3, -0.25) is 4.68 Å². The molecule has 1 aromatic heterocycles. The van der Waals surface area contributed by atoms with Gasteiger partial charge in [-0.15, -0.1) is 0 Å². The molecular formula is C15H25F2N3O. The highest BCUT2D eigenvalue weighted by Gasteiger charge is 2.25. The second-order valence-electron chi connectivity index (χ2n) is 5.62. The monoisotopic (exact) mass is 301 g/mol. The van der Waals surface area contributed by atoms with Gasteiger partial charge in [0.15, 0.2) is 0 Å². The number of hydrogen-bond acceptors (Lipinski definition) is 3. The van der Waals surface area contributed by atoms with E-state index in [2.05, 4.69) is 10.4 Å². The summed E-state index contributed by atoms with van der Waals surface area (Å²) in [4.78, 5) is 0. The van der Waals surface area contributed by atoms with Gasteiger partial charge in [0.05, 0.1) is 18.8 Å². The molecule has 0 aromatic carbocycles. The zero-order valence-corrected chi connectivity index (χ0v) is 12.7. The Balaban J connectivity index is 2.08. The predicted octanol–water partition coefficient (Wildman–Crippen LogP) is 3.45. The number of halogens is 2. The number of nitrogens with zero attached hydrogens (tertiary/aromatic N) is 2. The SMILES string of the molecule is COCCNCc1cnn(C2CCCCCC2)c1C(F)F. The predicted molar refractivity (Wildman–Crippen MR) is 77.5 cm³/mol. The number of rotatable bonds is 7.